The zero-order valence-corrected chi connectivity index (χ0v) is 10.4. The first-order valence-corrected chi connectivity index (χ1v) is 6.56. The van der Waals surface area contributed by atoms with E-state index < -0.39 is 10.8 Å². The number of anilines is 1. The topological polar surface area (TPSA) is 68.9 Å². The van der Waals surface area contributed by atoms with Crippen LogP contribution in [0.3, 0.4) is 0 Å². The summed E-state index contributed by atoms with van der Waals surface area (Å²) in [5.41, 5.74) is 6.18. The fraction of sp³-hybridized carbons (Fsp3) is 0.0909. The molecule has 2 N–H and O–H groups in total. The van der Waals surface area contributed by atoms with Crippen LogP contribution in [-0.4, -0.2) is 14.2 Å². The molecule has 0 saturated heterocycles. The summed E-state index contributed by atoms with van der Waals surface area (Å²) >= 11 is 5.78. The molecule has 1 atom stereocenters. The number of aromatic nitrogens is 2. The summed E-state index contributed by atoms with van der Waals surface area (Å²) in [4.78, 5) is 8.60. The SMILES string of the molecule is Nc1cc(Cl)ccc1S(=O)Cc1ncccn1. The van der Waals surface area contributed by atoms with Crippen LogP contribution in [0.4, 0.5) is 5.69 Å². The van der Waals surface area contributed by atoms with Gasteiger partial charge in [-0.15, -0.1) is 0 Å². The molecule has 0 aliphatic rings. The van der Waals surface area contributed by atoms with Crippen molar-refractivity contribution in [2.24, 2.45) is 0 Å². The van der Waals surface area contributed by atoms with Gasteiger partial charge in [0, 0.05) is 23.1 Å². The van der Waals surface area contributed by atoms with E-state index in [2.05, 4.69) is 9.97 Å². The number of hydrogen-bond acceptors (Lipinski definition) is 4. The summed E-state index contributed by atoms with van der Waals surface area (Å²) in [7, 11) is -1.26. The first kappa shape index (κ1) is 12.0. The molecular formula is C11H10ClN3OS. The minimum atomic E-state index is -1.26. The number of nitrogen functional groups attached to an aromatic ring is 1. The highest BCUT2D eigenvalue weighted by Crippen LogP contribution is 2.22. The van der Waals surface area contributed by atoms with E-state index in [0.717, 1.165) is 0 Å². The standard InChI is InChI=1S/C11H10ClN3OS/c12-8-2-3-10(9(13)6-8)17(16)7-11-14-4-1-5-15-11/h1-6H,7,13H2. The molecule has 0 radical (unpaired) electrons. The van der Waals surface area contributed by atoms with Crippen molar-refractivity contribution >= 4 is 28.1 Å². The zero-order valence-electron chi connectivity index (χ0n) is 8.84. The normalized spacial score (nSPS) is 12.3. The van der Waals surface area contributed by atoms with Crippen LogP contribution >= 0.6 is 11.6 Å². The van der Waals surface area contributed by atoms with E-state index in [1.165, 1.54) is 0 Å². The third-order valence-corrected chi connectivity index (χ3v) is 3.71. The van der Waals surface area contributed by atoms with Gasteiger partial charge in [0.2, 0.25) is 0 Å². The summed E-state index contributed by atoms with van der Waals surface area (Å²) in [6.07, 6.45) is 3.23. The molecule has 1 unspecified atom stereocenters. The third kappa shape index (κ3) is 3.01. The Hall–Kier alpha value is -1.46. The predicted octanol–water partition coefficient (Wildman–Crippen LogP) is 2.02. The van der Waals surface area contributed by atoms with E-state index in [1.807, 2.05) is 0 Å². The quantitative estimate of drug-likeness (QED) is 0.864. The smallest absolute Gasteiger partial charge is 0.141 e. The van der Waals surface area contributed by atoms with E-state index in [9.17, 15) is 4.21 Å². The summed E-state index contributed by atoms with van der Waals surface area (Å²) in [5, 5.41) is 0.527. The fourth-order valence-electron chi connectivity index (χ4n) is 1.33. The zero-order chi connectivity index (χ0) is 12.3. The highest BCUT2D eigenvalue weighted by molar-refractivity contribution is 7.84. The number of halogens is 1. The lowest BCUT2D eigenvalue weighted by Crippen LogP contribution is -2.03. The van der Waals surface area contributed by atoms with Crippen molar-refractivity contribution in [3.63, 3.8) is 0 Å². The molecule has 1 aromatic heterocycles. The van der Waals surface area contributed by atoms with Gasteiger partial charge in [-0.2, -0.15) is 0 Å². The molecule has 0 saturated carbocycles. The molecule has 4 nitrogen and oxygen atoms in total. The van der Waals surface area contributed by atoms with E-state index in [-0.39, 0.29) is 5.75 Å². The molecule has 0 bridgehead atoms. The minimum absolute atomic E-state index is 0.243. The van der Waals surface area contributed by atoms with Crippen LogP contribution < -0.4 is 5.73 Å². The molecule has 88 valence electrons. The largest absolute Gasteiger partial charge is 0.398 e. The van der Waals surface area contributed by atoms with Crippen molar-refractivity contribution in [3.8, 4) is 0 Å². The predicted molar refractivity (Wildman–Crippen MR) is 68.0 cm³/mol. The average molecular weight is 268 g/mol. The van der Waals surface area contributed by atoms with Gasteiger partial charge >= 0.3 is 0 Å². The van der Waals surface area contributed by atoms with E-state index in [1.54, 1.807) is 36.7 Å². The molecule has 17 heavy (non-hydrogen) atoms. The van der Waals surface area contributed by atoms with Gasteiger partial charge in [-0.25, -0.2) is 9.97 Å². The minimum Gasteiger partial charge on any atom is -0.398 e. The number of nitrogens with two attached hydrogens (primary N) is 1. The van der Waals surface area contributed by atoms with Crippen molar-refractivity contribution in [2.75, 3.05) is 5.73 Å². The average Bonchev–Trinajstić information content (AvgIpc) is 2.30. The van der Waals surface area contributed by atoms with Crippen molar-refractivity contribution < 1.29 is 4.21 Å². The third-order valence-electron chi connectivity index (χ3n) is 2.10. The lowest BCUT2D eigenvalue weighted by molar-refractivity contribution is 0.681. The van der Waals surface area contributed by atoms with Crippen LogP contribution in [0.2, 0.25) is 5.02 Å². The molecule has 1 aromatic carbocycles. The van der Waals surface area contributed by atoms with Gasteiger partial charge in [0.25, 0.3) is 0 Å². The van der Waals surface area contributed by atoms with Gasteiger partial charge < -0.3 is 5.73 Å². The van der Waals surface area contributed by atoms with Gasteiger partial charge in [0.15, 0.2) is 0 Å². The molecule has 0 aliphatic carbocycles. The van der Waals surface area contributed by atoms with Crippen LogP contribution in [-0.2, 0) is 16.6 Å². The summed E-state index contributed by atoms with van der Waals surface area (Å²) in [6.45, 7) is 0. The van der Waals surface area contributed by atoms with Gasteiger partial charge in [-0.3, -0.25) is 4.21 Å². The first-order chi connectivity index (χ1) is 8.16. The maximum absolute atomic E-state index is 12.1. The Labute approximate surface area is 106 Å². The Balaban J connectivity index is 2.21. The first-order valence-electron chi connectivity index (χ1n) is 4.86. The Morgan fingerprint density at radius 2 is 2.00 bits per heavy atom. The molecule has 2 aromatic rings. The Bertz CT molecular complexity index is 548. The van der Waals surface area contributed by atoms with Crippen LogP contribution in [0.25, 0.3) is 0 Å². The second kappa shape index (κ2) is 5.25. The molecule has 0 spiro atoms. The molecule has 0 amide bonds. The monoisotopic (exact) mass is 267 g/mol. The Kier molecular flexibility index (Phi) is 3.71. The van der Waals surface area contributed by atoms with Crippen molar-refractivity contribution in [1.82, 2.24) is 9.97 Å². The van der Waals surface area contributed by atoms with E-state index in [4.69, 9.17) is 17.3 Å². The highest BCUT2D eigenvalue weighted by Gasteiger charge is 2.10. The lowest BCUT2D eigenvalue weighted by atomic mass is 10.3. The van der Waals surface area contributed by atoms with Crippen LogP contribution in [0.1, 0.15) is 5.82 Å². The van der Waals surface area contributed by atoms with Gasteiger partial charge in [-0.05, 0) is 24.3 Å². The number of nitrogens with zero attached hydrogens (tertiary/aromatic N) is 2. The lowest BCUT2D eigenvalue weighted by Gasteiger charge is -2.05. The highest BCUT2D eigenvalue weighted by atomic mass is 35.5. The second-order valence-electron chi connectivity index (χ2n) is 3.34. The summed E-state index contributed by atoms with van der Waals surface area (Å²) < 4.78 is 12.1. The number of benzene rings is 1. The summed E-state index contributed by atoms with van der Waals surface area (Å²) in [6, 6.07) is 6.62. The molecule has 0 aliphatic heterocycles. The maximum Gasteiger partial charge on any atom is 0.141 e. The van der Waals surface area contributed by atoms with Crippen molar-refractivity contribution in [3.05, 3.63) is 47.5 Å². The molecule has 0 fully saturated rings. The van der Waals surface area contributed by atoms with Gasteiger partial charge in [-0.1, -0.05) is 11.6 Å². The van der Waals surface area contributed by atoms with E-state index >= 15 is 0 Å². The molecule has 6 heteroatoms. The van der Waals surface area contributed by atoms with Crippen LogP contribution in [0, 0.1) is 0 Å². The number of rotatable bonds is 3. The fourth-order valence-corrected chi connectivity index (χ4v) is 2.59. The van der Waals surface area contributed by atoms with Crippen molar-refractivity contribution in [1.29, 1.82) is 0 Å². The summed E-state index contributed by atoms with van der Waals surface area (Å²) in [5.74, 6) is 0.771. The Morgan fingerprint density at radius 1 is 1.29 bits per heavy atom. The molecule has 2 rings (SSSR count). The van der Waals surface area contributed by atoms with Gasteiger partial charge in [0.05, 0.1) is 21.4 Å². The Morgan fingerprint density at radius 3 is 2.65 bits per heavy atom. The van der Waals surface area contributed by atoms with Crippen LogP contribution in [0.15, 0.2) is 41.6 Å². The molecule has 1 heterocycles. The maximum atomic E-state index is 12.1. The number of hydrogen-bond donors (Lipinski definition) is 1. The van der Waals surface area contributed by atoms with Gasteiger partial charge in [0.1, 0.15) is 5.82 Å². The second-order valence-corrected chi connectivity index (χ2v) is 5.19. The van der Waals surface area contributed by atoms with E-state index in [0.29, 0.717) is 21.4 Å². The molecular weight excluding hydrogens is 258 g/mol. The van der Waals surface area contributed by atoms with Crippen LogP contribution in [0.5, 0.6) is 0 Å². The van der Waals surface area contributed by atoms with Crippen molar-refractivity contribution in [2.45, 2.75) is 10.6 Å².